The maximum atomic E-state index is 11.7. The van der Waals surface area contributed by atoms with Gasteiger partial charge in [-0.25, -0.2) is 4.79 Å². The zero-order valence-corrected chi connectivity index (χ0v) is 14.0. The fraction of sp³-hybridized carbons (Fsp3) is 0.0625. The number of amidine groups is 1. The van der Waals surface area contributed by atoms with Crippen molar-refractivity contribution in [2.75, 3.05) is 7.11 Å². The Morgan fingerprint density at radius 3 is 2.83 bits per heavy atom. The molecule has 0 aliphatic carbocycles. The molecule has 1 aliphatic rings. The highest BCUT2D eigenvalue weighted by Crippen LogP contribution is 2.30. The summed E-state index contributed by atoms with van der Waals surface area (Å²) in [5.41, 5.74) is 0.896. The predicted molar refractivity (Wildman–Crippen MR) is 91.9 cm³/mol. The smallest absolute Gasteiger partial charge is 0.339 e. The molecule has 1 aromatic carbocycles. The Labute approximate surface area is 146 Å². The van der Waals surface area contributed by atoms with Crippen molar-refractivity contribution in [2.45, 2.75) is 0 Å². The molecular formula is C16H11ClN2O4S. The first-order chi connectivity index (χ1) is 11.5. The fourth-order valence-corrected chi connectivity index (χ4v) is 2.98. The van der Waals surface area contributed by atoms with E-state index in [2.05, 4.69) is 5.32 Å². The number of hydrogen-bond acceptors (Lipinski definition) is 6. The maximum absolute atomic E-state index is 11.7. The number of ether oxygens (including phenoxy) is 1. The van der Waals surface area contributed by atoms with Gasteiger partial charge in [-0.2, -0.15) is 0 Å². The molecule has 1 saturated heterocycles. The molecule has 6 nitrogen and oxygen atoms in total. The molecule has 2 N–H and O–H groups in total. The van der Waals surface area contributed by atoms with Crippen LogP contribution in [0.5, 0.6) is 0 Å². The van der Waals surface area contributed by atoms with Crippen LogP contribution < -0.4 is 5.32 Å². The maximum Gasteiger partial charge on any atom is 0.339 e. The number of thioether (sulfide) groups is 1. The summed E-state index contributed by atoms with van der Waals surface area (Å²) in [7, 11) is 1.28. The molecule has 1 fully saturated rings. The summed E-state index contributed by atoms with van der Waals surface area (Å²) in [5, 5.41) is 10.2. The number of rotatable bonds is 3. The zero-order chi connectivity index (χ0) is 17.3. The van der Waals surface area contributed by atoms with Gasteiger partial charge in [-0.1, -0.05) is 11.6 Å². The molecule has 0 spiro atoms. The summed E-state index contributed by atoms with van der Waals surface area (Å²) in [4.78, 5) is 23.7. The summed E-state index contributed by atoms with van der Waals surface area (Å²) >= 11 is 7.03. The Hall–Kier alpha value is -2.51. The van der Waals surface area contributed by atoms with Gasteiger partial charge in [0.25, 0.3) is 5.91 Å². The number of esters is 1. The minimum absolute atomic E-state index is 0.0819. The summed E-state index contributed by atoms with van der Waals surface area (Å²) in [6.45, 7) is 0. The molecule has 2 heterocycles. The highest BCUT2D eigenvalue weighted by molar-refractivity contribution is 8.18. The SMILES string of the molecule is COC(=O)c1cc(-c2ccc(/C=C3/SC(=N)NC3=O)o2)ccc1Cl. The van der Waals surface area contributed by atoms with Gasteiger partial charge in [0.1, 0.15) is 11.5 Å². The van der Waals surface area contributed by atoms with Crippen LogP contribution in [0, 0.1) is 5.41 Å². The minimum Gasteiger partial charge on any atom is -0.465 e. The molecule has 3 rings (SSSR count). The van der Waals surface area contributed by atoms with E-state index < -0.39 is 5.97 Å². The summed E-state index contributed by atoms with van der Waals surface area (Å²) in [6.07, 6.45) is 1.56. The quantitative estimate of drug-likeness (QED) is 0.643. The van der Waals surface area contributed by atoms with Crippen LogP contribution in [-0.2, 0) is 9.53 Å². The van der Waals surface area contributed by atoms with E-state index in [4.69, 9.17) is 26.2 Å². The first kappa shape index (κ1) is 16.4. The molecule has 0 bridgehead atoms. The Morgan fingerprint density at radius 1 is 1.38 bits per heavy atom. The van der Waals surface area contributed by atoms with Crippen molar-refractivity contribution < 1.29 is 18.7 Å². The van der Waals surface area contributed by atoms with E-state index >= 15 is 0 Å². The van der Waals surface area contributed by atoms with Crippen molar-refractivity contribution in [3.8, 4) is 11.3 Å². The van der Waals surface area contributed by atoms with Crippen LogP contribution in [0.4, 0.5) is 0 Å². The molecule has 0 unspecified atom stereocenters. The second kappa shape index (κ2) is 6.54. The summed E-state index contributed by atoms with van der Waals surface area (Å²) < 4.78 is 10.4. The molecule has 24 heavy (non-hydrogen) atoms. The second-order valence-electron chi connectivity index (χ2n) is 4.78. The number of amides is 1. The van der Waals surface area contributed by atoms with Crippen molar-refractivity contribution in [2.24, 2.45) is 0 Å². The van der Waals surface area contributed by atoms with Gasteiger partial charge in [0.05, 0.1) is 22.6 Å². The lowest BCUT2D eigenvalue weighted by atomic mass is 10.1. The number of hydrogen-bond donors (Lipinski definition) is 2. The zero-order valence-electron chi connectivity index (χ0n) is 12.4. The third-order valence-electron chi connectivity index (χ3n) is 3.22. The molecule has 8 heteroatoms. The first-order valence-corrected chi connectivity index (χ1v) is 7.95. The third-order valence-corrected chi connectivity index (χ3v) is 4.38. The van der Waals surface area contributed by atoms with Gasteiger partial charge in [0.15, 0.2) is 5.17 Å². The second-order valence-corrected chi connectivity index (χ2v) is 6.24. The van der Waals surface area contributed by atoms with Gasteiger partial charge >= 0.3 is 5.97 Å². The number of nitrogens with one attached hydrogen (secondary N) is 2. The number of furan rings is 1. The summed E-state index contributed by atoms with van der Waals surface area (Å²) in [6, 6.07) is 8.31. The van der Waals surface area contributed by atoms with Crippen molar-refractivity contribution in [1.82, 2.24) is 5.32 Å². The van der Waals surface area contributed by atoms with Crippen LogP contribution in [0.3, 0.4) is 0 Å². The van der Waals surface area contributed by atoms with E-state index in [1.807, 2.05) is 0 Å². The van der Waals surface area contributed by atoms with Crippen molar-refractivity contribution in [1.29, 1.82) is 5.41 Å². The molecule has 0 saturated carbocycles. The topological polar surface area (TPSA) is 92.4 Å². The van der Waals surface area contributed by atoms with Crippen molar-refractivity contribution in [3.63, 3.8) is 0 Å². The van der Waals surface area contributed by atoms with Gasteiger partial charge < -0.3 is 14.5 Å². The molecule has 0 atom stereocenters. The fourth-order valence-electron chi connectivity index (χ4n) is 2.10. The van der Waals surface area contributed by atoms with Crippen LogP contribution in [-0.4, -0.2) is 24.2 Å². The molecular weight excluding hydrogens is 352 g/mol. The molecule has 2 aromatic rings. The third kappa shape index (κ3) is 3.22. The predicted octanol–water partition coefficient (Wildman–Crippen LogP) is 3.53. The van der Waals surface area contributed by atoms with E-state index in [0.717, 1.165) is 11.8 Å². The van der Waals surface area contributed by atoms with E-state index in [1.54, 1.807) is 36.4 Å². The minimum atomic E-state index is -0.534. The number of carbonyl (C=O) groups excluding carboxylic acids is 2. The van der Waals surface area contributed by atoms with Crippen LogP contribution >= 0.6 is 23.4 Å². The first-order valence-electron chi connectivity index (χ1n) is 6.75. The number of benzene rings is 1. The number of methoxy groups -OCH3 is 1. The van der Waals surface area contributed by atoms with E-state index in [0.29, 0.717) is 22.0 Å². The lowest BCUT2D eigenvalue weighted by molar-refractivity contribution is -0.115. The highest BCUT2D eigenvalue weighted by atomic mass is 35.5. The van der Waals surface area contributed by atoms with Crippen LogP contribution in [0.15, 0.2) is 39.7 Å². The molecule has 122 valence electrons. The lowest BCUT2D eigenvalue weighted by Gasteiger charge is -2.04. The molecule has 0 radical (unpaired) electrons. The highest BCUT2D eigenvalue weighted by Gasteiger charge is 2.23. The average molecular weight is 363 g/mol. The van der Waals surface area contributed by atoms with Gasteiger partial charge in [-0.05, 0) is 42.1 Å². The van der Waals surface area contributed by atoms with Gasteiger partial charge in [-0.15, -0.1) is 0 Å². The monoisotopic (exact) mass is 362 g/mol. The molecule has 1 aliphatic heterocycles. The number of halogens is 1. The van der Waals surface area contributed by atoms with Crippen molar-refractivity contribution >= 4 is 46.5 Å². The Kier molecular flexibility index (Phi) is 4.46. The van der Waals surface area contributed by atoms with Crippen molar-refractivity contribution in [3.05, 3.63) is 51.6 Å². The Morgan fingerprint density at radius 2 is 2.17 bits per heavy atom. The normalized spacial score (nSPS) is 15.7. The standard InChI is InChI=1S/C16H11ClN2O4S/c1-22-15(21)10-6-8(2-4-11(10)17)12-5-3-9(23-12)7-13-14(20)19-16(18)24-13/h2-7H,1H3,(H2,18,19,20)/b13-7+. The summed E-state index contributed by atoms with van der Waals surface area (Å²) in [5.74, 6) is 0.116. The van der Waals surface area contributed by atoms with E-state index in [9.17, 15) is 9.59 Å². The lowest BCUT2D eigenvalue weighted by Crippen LogP contribution is -2.18. The number of carbonyl (C=O) groups is 2. The Bertz CT molecular complexity index is 888. The van der Waals surface area contributed by atoms with Gasteiger partial charge in [0.2, 0.25) is 0 Å². The average Bonchev–Trinajstić information content (AvgIpc) is 3.14. The van der Waals surface area contributed by atoms with E-state index in [1.165, 1.54) is 7.11 Å². The van der Waals surface area contributed by atoms with E-state index in [-0.39, 0.29) is 21.7 Å². The van der Waals surface area contributed by atoms with Crippen LogP contribution in [0.1, 0.15) is 16.1 Å². The Balaban J connectivity index is 1.91. The largest absolute Gasteiger partial charge is 0.465 e. The van der Waals surface area contributed by atoms with Crippen LogP contribution in [0.25, 0.3) is 17.4 Å². The molecule has 1 aromatic heterocycles. The van der Waals surface area contributed by atoms with Gasteiger partial charge in [0, 0.05) is 11.6 Å². The van der Waals surface area contributed by atoms with Gasteiger partial charge in [-0.3, -0.25) is 10.2 Å². The molecule has 1 amide bonds. The van der Waals surface area contributed by atoms with Crippen LogP contribution in [0.2, 0.25) is 5.02 Å².